The highest BCUT2D eigenvalue weighted by atomic mass is 16.4. The molecule has 0 fully saturated rings. The number of aliphatic hydroxyl groups excluding tert-OH is 1. The fourth-order valence-electron chi connectivity index (χ4n) is 1.14. The Morgan fingerprint density at radius 1 is 1.25 bits per heavy atom. The molecule has 0 spiro atoms. The van der Waals surface area contributed by atoms with Crippen LogP contribution in [0.5, 0.6) is 0 Å². The van der Waals surface area contributed by atoms with Crippen LogP contribution in [0.3, 0.4) is 0 Å². The number of carbonyl (C=O) groups excluding carboxylic acids is 1. The van der Waals surface area contributed by atoms with Crippen LogP contribution in [0.25, 0.3) is 0 Å². The molecule has 1 rings (SSSR count). The Morgan fingerprint density at radius 2 is 1.81 bits per heavy atom. The maximum absolute atomic E-state index is 11.4. The van der Waals surface area contributed by atoms with Gasteiger partial charge < -0.3 is 15.5 Å². The Morgan fingerprint density at radius 3 is 2.31 bits per heavy atom. The summed E-state index contributed by atoms with van der Waals surface area (Å²) in [5, 5.41) is 20.4. The monoisotopic (exact) mass is 223 g/mol. The molecule has 0 aliphatic heterocycles. The van der Waals surface area contributed by atoms with Gasteiger partial charge in [-0.3, -0.25) is 9.59 Å². The Hall–Kier alpha value is -1.88. The molecule has 0 aliphatic rings. The Kier molecular flexibility index (Phi) is 4.02. The van der Waals surface area contributed by atoms with Gasteiger partial charge in [-0.15, -0.1) is 0 Å². The molecule has 1 aromatic rings. The lowest BCUT2D eigenvalue weighted by Gasteiger charge is -2.13. The lowest BCUT2D eigenvalue weighted by atomic mass is 10.1. The number of aliphatic carboxylic acids is 1. The summed E-state index contributed by atoms with van der Waals surface area (Å²) in [6, 6.07) is 7.30. The highest BCUT2D eigenvalue weighted by Crippen LogP contribution is 2.11. The van der Waals surface area contributed by atoms with Crippen molar-refractivity contribution in [2.45, 2.75) is 19.1 Å². The third-order valence-corrected chi connectivity index (χ3v) is 2.09. The van der Waals surface area contributed by atoms with E-state index in [0.29, 0.717) is 5.56 Å². The van der Waals surface area contributed by atoms with E-state index >= 15 is 0 Å². The molecular formula is C11H13NO4. The minimum Gasteiger partial charge on any atom is -0.480 e. The van der Waals surface area contributed by atoms with Crippen molar-refractivity contribution >= 4 is 11.9 Å². The van der Waals surface area contributed by atoms with Crippen molar-refractivity contribution in [1.29, 1.82) is 0 Å². The average molecular weight is 223 g/mol. The molecule has 0 saturated heterocycles. The second kappa shape index (κ2) is 5.27. The molecule has 86 valence electrons. The smallest absolute Gasteiger partial charge is 0.325 e. The van der Waals surface area contributed by atoms with E-state index in [2.05, 4.69) is 5.32 Å². The number of carbonyl (C=O) groups is 2. The van der Waals surface area contributed by atoms with E-state index in [9.17, 15) is 14.7 Å². The minimum absolute atomic E-state index is 0.428. The molecule has 0 saturated carbocycles. The first-order valence-corrected chi connectivity index (χ1v) is 4.78. The molecule has 1 unspecified atom stereocenters. The summed E-state index contributed by atoms with van der Waals surface area (Å²) in [6.07, 6.45) is -1.34. The van der Waals surface area contributed by atoms with Crippen LogP contribution in [0.1, 0.15) is 18.6 Å². The van der Waals surface area contributed by atoms with Crippen molar-refractivity contribution < 1.29 is 19.8 Å². The fourth-order valence-corrected chi connectivity index (χ4v) is 1.14. The Bertz CT molecular complexity index is 377. The summed E-state index contributed by atoms with van der Waals surface area (Å²) in [6.45, 7) is 1.33. The molecule has 5 nitrogen and oxygen atoms in total. The molecule has 0 aromatic heterocycles. The van der Waals surface area contributed by atoms with Gasteiger partial charge in [-0.05, 0) is 12.5 Å². The third kappa shape index (κ3) is 3.06. The van der Waals surface area contributed by atoms with Gasteiger partial charge >= 0.3 is 5.97 Å². The number of hydrogen-bond acceptors (Lipinski definition) is 3. The first-order valence-electron chi connectivity index (χ1n) is 4.78. The molecule has 1 amide bonds. The van der Waals surface area contributed by atoms with Crippen LogP contribution in [-0.2, 0) is 9.59 Å². The summed E-state index contributed by atoms with van der Waals surface area (Å²) < 4.78 is 0. The predicted molar refractivity (Wildman–Crippen MR) is 56.6 cm³/mol. The molecule has 3 N–H and O–H groups in total. The predicted octanol–water partition coefficient (Wildman–Crippen LogP) is 0.309. The standard InChI is InChI=1S/C11H13NO4/c1-7(11(15)16)12-10(14)9(13)8-5-3-2-4-6-8/h2-7,9,13H,1H3,(H,12,14)(H,15,16)/t7-,9?/m0/s1. The molecule has 1 aromatic carbocycles. The van der Waals surface area contributed by atoms with Crippen LogP contribution in [-0.4, -0.2) is 28.1 Å². The quantitative estimate of drug-likeness (QED) is 0.685. The lowest BCUT2D eigenvalue weighted by Crippen LogP contribution is -2.40. The number of benzene rings is 1. The van der Waals surface area contributed by atoms with Crippen LogP contribution in [0.15, 0.2) is 30.3 Å². The van der Waals surface area contributed by atoms with Gasteiger partial charge in [0.2, 0.25) is 0 Å². The number of aliphatic hydroxyl groups is 1. The molecule has 0 heterocycles. The number of hydrogen-bond donors (Lipinski definition) is 3. The molecule has 0 aliphatic carbocycles. The normalized spacial score (nSPS) is 13.9. The minimum atomic E-state index is -1.34. The molecule has 0 bridgehead atoms. The largest absolute Gasteiger partial charge is 0.480 e. The second-order valence-corrected chi connectivity index (χ2v) is 3.38. The van der Waals surface area contributed by atoms with Gasteiger partial charge in [0, 0.05) is 0 Å². The number of carboxylic acids is 1. The number of amides is 1. The van der Waals surface area contributed by atoms with Gasteiger partial charge in [-0.2, -0.15) is 0 Å². The SMILES string of the molecule is C[C@H](NC(=O)C(O)c1ccccc1)C(=O)O. The summed E-state index contributed by atoms with van der Waals surface area (Å²) >= 11 is 0. The summed E-state index contributed by atoms with van der Waals surface area (Å²) in [4.78, 5) is 21.9. The summed E-state index contributed by atoms with van der Waals surface area (Å²) in [7, 11) is 0. The number of rotatable bonds is 4. The van der Waals surface area contributed by atoms with Gasteiger partial charge in [-0.1, -0.05) is 30.3 Å². The number of nitrogens with one attached hydrogen (secondary N) is 1. The summed E-state index contributed by atoms with van der Waals surface area (Å²) in [5.41, 5.74) is 0.428. The Balaban J connectivity index is 2.65. The maximum Gasteiger partial charge on any atom is 0.325 e. The van der Waals surface area contributed by atoms with Crippen LogP contribution < -0.4 is 5.32 Å². The van der Waals surface area contributed by atoms with E-state index in [-0.39, 0.29) is 0 Å². The van der Waals surface area contributed by atoms with Crippen molar-refractivity contribution in [2.75, 3.05) is 0 Å². The van der Waals surface area contributed by atoms with Gasteiger partial charge in [0.1, 0.15) is 6.04 Å². The number of carboxylic acid groups (broad SMARTS) is 1. The first kappa shape index (κ1) is 12.2. The maximum atomic E-state index is 11.4. The second-order valence-electron chi connectivity index (χ2n) is 3.38. The van der Waals surface area contributed by atoms with Crippen LogP contribution in [0, 0.1) is 0 Å². The van der Waals surface area contributed by atoms with Gasteiger partial charge in [0.05, 0.1) is 0 Å². The van der Waals surface area contributed by atoms with Crippen molar-refractivity contribution in [2.24, 2.45) is 0 Å². The van der Waals surface area contributed by atoms with Crippen LogP contribution in [0.2, 0.25) is 0 Å². The van der Waals surface area contributed by atoms with Gasteiger partial charge in [0.25, 0.3) is 5.91 Å². The van der Waals surface area contributed by atoms with E-state index < -0.39 is 24.0 Å². The molecule has 2 atom stereocenters. The molecule has 16 heavy (non-hydrogen) atoms. The van der Waals surface area contributed by atoms with E-state index in [1.807, 2.05) is 0 Å². The fraction of sp³-hybridized carbons (Fsp3) is 0.273. The van der Waals surface area contributed by atoms with E-state index in [4.69, 9.17) is 5.11 Å². The van der Waals surface area contributed by atoms with Crippen LogP contribution in [0.4, 0.5) is 0 Å². The Labute approximate surface area is 92.7 Å². The van der Waals surface area contributed by atoms with Crippen molar-refractivity contribution in [3.63, 3.8) is 0 Å². The van der Waals surface area contributed by atoms with Gasteiger partial charge in [-0.25, -0.2) is 0 Å². The molecule has 5 heteroatoms. The topological polar surface area (TPSA) is 86.6 Å². The zero-order valence-corrected chi connectivity index (χ0v) is 8.75. The highest BCUT2D eigenvalue weighted by Gasteiger charge is 2.21. The van der Waals surface area contributed by atoms with E-state index in [1.54, 1.807) is 30.3 Å². The zero-order valence-electron chi connectivity index (χ0n) is 8.75. The van der Waals surface area contributed by atoms with Crippen molar-refractivity contribution in [3.8, 4) is 0 Å². The third-order valence-electron chi connectivity index (χ3n) is 2.09. The van der Waals surface area contributed by atoms with E-state index in [1.165, 1.54) is 6.92 Å². The first-order chi connectivity index (χ1) is 7.52. The van der Waals surface area contributed by atoms with Crippen molar-refractivity contribution in [1.82, 2.24) is 5.32 Å². The highest BCUT2D eigenvalue weighted by molar-refractivity contribution is 5.86. The average Bonchev–Trinajstić information content (AvgIpc) is 2.28. The molecular weight excluding hydrogens is 210 g/mol. The van der Waals surface area contributed by atoms with E-state index in [0.717, 1.165) is 0 Å². The molecule has 0 radical (unpaired) electrons. The van der Waals surface area contributed by atoms with Crippen molar-refractivity contribution in [3.05, 3.63) is 35.9 Å². The summed E-state index contributed by atoms with van der Waals surface area (Å²) in [5.74, 6) is -1.87. The van der Waals surface area contributed by atoms with Gasteiger partial charge in [0.15, 0.2) is 6.10 Å². The zero-order chi connectivity index (χ0) is 12.1. The lowest BCUT2D eigenvalue weighted by molar-refractivity contribution is -0.142. The van der Waals surface area contributed by atoms with Crippen LogP contribution >= 0.6 is 0 Å².